The molecule has 4 nitrogen and oxygen atoms in total. The third-order valence-electron chi connectivity index (χ3n) is 3.55. The average molecular weight is 425 g/mol. The van der Waals surface area contributed by atoms with E-state index in [0.29, 0.717) is 16.6 Å². The van der Waals surface area contributed by atoms with E-state index in [2.05, 4.69) is 4.98 Å². The molecule has 0 bridgehead atoms. The quantitative estimate of drug-likeness (QED) is 0.331. The molecule has 0 amide bonds. The lowest BCUT2D eigenvalue weighted by Gasteiger charge is -2.08. The molecule has 0 atom stereocenters. The lowest BCUT2D eigenvalue weighted by atomic mass is 10.0. The molecule has 3 rings (SSSR count). The van der Waals surface area contributed by atoms with Gasteiger partial charge in [-0.15, -0.1) is 0 Å². The molecule has 0 radical (unpaired) electrons. The monoisotopic (exact) mass is 425 g/mol. The first-order valence-electron chi connectivity index (χ1n) is 7.55. The van der Waals surface area contributed by atoms with Crippen molar-refractivity contribution < 1.29 is 39.3 Å². The minimum absolute atomic E-state index is 0.305. The Morgan fingerprint density at radius 2 is 1.36 bits per heavy atom. The molecule has 11 heteroatoms. The number of hydrogen-bond acceptors (Lipinski definition) is 2. The molecule has 2 aromatic carbocycles. The molecule has 0 unspecified atom stereocenters. The Morgan fingerprint density at radius 1 is 0.857 bits per heavy atom. The van der Waals surface area contributed by atoms with E-state index in [1.165, 1.54) is 0 Å². The van der Waals surface area contributed by atoms with E-state index in [-0.39, 0.29) is 0 Å². The summed E-state index contributed by atoms with van der Waals surface area (Å²) in [6.07, 6.45) is -5.16. The Hall–Kier alpha value is -2.53. The Balaban J connectivity index is 0.000000300. The number of fused-ring (bicyclic) bond motifs is 1. The zero-order valence-electron chi connectivity index (χ0n) is 13.8. The summed E-state index contributed by atoms with van der Waals surface area (Å²) in [6.45, 7) is 0. The number of H-pyrrole nitrogens is 1. The van der Waals surface area contributed by atoms with Crippen LogP contribution in [0.15, 0.2) is 54.6 Å². The summed E-state index contributed by atoms with van der Waals surface area (Å²) in [5.74, 6) is 0. The number of halogens is 6. The Labute approximate surface area is 155 Å². The second-order valence-electron chi connectivity index (χ2n) is 5.60. The fourth-order valence-corrected chi connectivity index (χ4v) is 2.44. The second-order valence-corrected chi connectivity index (χ2v) is 7.02. The number of para-hydroxylation sites is 1. The van der Waals surface area contributed by atoms with Crippen LogP contribution in [-0.4, -0.2) is 29.6 Å². The smallest absolute Gasteiger partial charge is 0.354 e. The van der Waals surface area contributed by atoms with Gasteiger partial charge in [0.05, 0.1) is 12.1 Å². The van der Waals surface area contributed by atoms with Gasteiger partial charge in [-0.3, -0.25) is 4.55 Å². The molecular weight excluding hydrogens is 412 g/mol. The summed E-state index contributed by atoms with van der Waals surface area (Å²) in [5, 5.41) is 0.628. The van der Waals surface area contributed by atoms with Gasteiger partial charge >= 0.3 is 21.8 Å². The van der Waals surface area contributed by atoms with Crippen molar-refractivity contribution in [1.29, 1.82) is 0 Å². The van der Waals surface area contributed by atoms with Crippen molar-refractivity contribution in [1.82, 2.24) is 4.98 Å². The van der Waals surface area contributed by atoms with Crippen molar-refractivity contribution in [2.24, 2.45) is 0 Å². The molecule has 28 heavy (non-hydrogen) atoms. The van der Waals surface area contributed by atoms with E-state index in [9.17, 15) is 26.3 Å². The third-order valence-corrected chi connectivity index (χ3v) is 4.13. The van der Waals surface area contributed by atoms with E-state index in [1.54, 1.807) is 18.2 Å². The van der Waals surface area contributed by atoms with Gasteiger partial charge in [-0.25, -0.2) is 0 Å². The first-order chi connectivity index (χ1) is 12.8. The van der Waals surface area contributed by atoms with E-state index < -0.39 is 28.2 Å². The van der Waals surface area contributed by atoms with Crippen LogP contribution < -0.4 is 0 Å². The molecule has 0 aliphatic rings. The molecule has 0 spiro atoms. The fraction of sp³-hybridized carbons (Fsp3) is 0.176. The highest BCUT2D eigenvalue weighted by atomic mass is 32.2. The first-order valence-corrected chi connectivity index (χ1v) is 8.99. The number of rotatable bonds is 2. The predicted octanol–water partition coefficient (Wildman–Crippen LogP) is 5.33. The molecular formula is C17H13F6NO3S. The highest BCUT2D eigenvalue weighted by Gasteiger charge is 2.44. The molecule has 0 aliphatic carbocycles. The summed E-state index contributed by atoms with van der Waals surface area (Å²) >= 11 is 0. The van der Waals surface area contributed by atoms with Crippen molar-refractivity contribution in [3.63, 3.8) is 0 Å². The second kappa shape index (κ2) is 7.84. The number of alkyl halides is 6. The SMILES string of the molecule is FC(F)(F)Cc1c(-c2ccccc2)[nH]c2ccccc12.O=S(=O)(O)C(F)(F)F. The molecule has 0 saturated heterocycles. The number of aromatic amines is 1. The van der Waals surface area contributed by atoms with Crippen LogP contribution >= 0.6 is 0 Å². The normalized spacial score (nSPS) is 12.5. The van der Waals surface area contributed by atoms with Gasteiger partial charge in [0, 0.05) is 10.9 Å². The van der Waals surface area contributed by atoms with Gasteiger partial charge < -0.3 is 4.98 Å². The molecule has 0 saturated carbocycles. The molecule has 1 heterocycles. The van der Waals surface area contributed by atoms with Crippen LogP contribution in [0.2, 0.25) is 0 Å². The van der Waals surface area contributed by atoms with E-state index in [0.717, 1.165) is 11.1 Å². The van der Waals surface area contributed by atoms with E-state index >= 15 is 0 Å². The standard InChI is InChI=1S/C16H12F3N.CHF3O3S/c17-16(18,19)10-13-12-8-4-5-9-14(12)20-15(13)11-6-2-1-3-7-11;2-1(3,4)8(5,6)7/h1-9,20H,10H2;(H,5,6,7). The maximum Gasteiger partial charge on any atom is 0.522 e. The van der Waals surface area contributed by atoms with Gasteiger partial charge in [-0.2, -0.15) is 34.8 Å². The van der Waals surface area contributed by atoms with Gasteiger partial charge in [0.25, 0.3) is 0 Å². The van der Waals surface area contributed by atoms with Crippen LogP contribution in [0.5, 0.6) is 0 Å². The maximum atomic E-state index is 12.8. The molecule has 3 aromatic rings. The summed E-state index contributed by atoms with van der Waals surface area (Å²) in [6, 6.07) is 16.2. The average Bonchev–Trinajstić information content (AvgIpc) is 2.91. The van der Waals surface area contributed by atoms with Crippen molar-refractivity contribution in [3.8, 4) is 11.3 Å². The Morgan fingerprint density at radius 3 is 1.86 bits per heavy atom. The lowest BCUT2D eigenvalue weighted by Crippen LogP contribution is -2.21. The summed E-state index contributed by atoms with van der Waals surface area (Å²) in [4.78, 5) is 3.10. The van der Waals surface area contributed by atoms with Crippen LogP contribution in [-0.2, 0) is 16.5 Å². The van der Waals surface area contributed by atoms with Gasteiger partial charge in [0.2, 0.25) is 0 Å². The number of nitrogens with one attached hydrogen (secondary N) is 1. The third kappa shape index (κ3) is 5.49. The fourth-order valence-electron chi connectivity index (χ4n) is 2.44. The highest BCUT2D eigenvalue weighted by molar-refractivity contribution is 7.86. The van der Waals surface area contributed by atoms with Crippen LogP contribution in [0.25, 0.3) is 22.2 Å². The van der Waals surface area contributed by atoms with E-state index in [1.807, 2.05) is 36.4 Å². The minimum Gasteiger partial charge on any atom is -0.354 e. The van der Waals surface area contributed by atoms with Gasteiger partial charge in [-0.1, -0.05) is 48.5 Å². The van der Waals surface area contributed by atoms with Crippen LogP contribution in [0.3, 0.4) is 0 Å². The Kier molecular flexibility index (Phi) is 6.09. The lowest BCUT2D eigenvalue weighted by molar-refractivity contribution is -0.126. The van der Waals surface area contributed by atoms with Crippen molar-refractivity contribution in [3.05, 3.63) is 60.2 Å². The summed E-state index contributed by atoms with van der Waals surface area (Å²) < 4.78 is 96.0. The largest absolute Gasteiger partial charge is 0.522 e. The summed E-state index contributed by atoms with van der Waals surface area (Å²) in [5.41, 5.74) is -3.19. The molecule has 0 fully saturated rings. The van der Waals surface area contributed by atoms with Crippen molar-refractivity contribution >= 4 is 21.0 Å². The number of hydrogen-bond donors (Lipinski definition) is 2. The molecule has 1 aromatic heterocycles. The van der Waals surface area contributed by atoms with Gasteiger partial charge in [0.1, 0.15) is 0 Å². The number of aromatic nitrogens is 1. The highest BCUT2D eigenvalue weighted by Crippen LogP contribution is 2.34. The zero-order chi connectivity index (χ0) is 21.2. The van der Waals surface area contributed by atoms with E-state index in [4.69, 9.17) is 13.0 Å². The minimum atomic E-state index is -5.84. The topological polar surface area (TPSA) is 70.2 Å². The molecule has 0 aliphatic heterocycles. The van der Waals surface area contributed by atoms with Crippen LogP contribution in [0.4, 0.5) is 26.3 Å². The summed E-state index contributed by atoms with van der Waals surface area (Å²) in [7, 11) is -5.84. The van der Waals surface area contributed by atoms with Gasteiger partial charge in [-0.05, 0) is 17.2 Å². The Bertz CT molecular complexity index is 1040. The maximum absolute atomic E-state index is 12.8. The van der Waals surface area contributed by atoms with Crippen LogP contribution in [0.1, 0.15) is 5.56 Å². The van der Waals surface area contributed by atoms with Crippen molar-refractivity contribution in [2.45, 2.75) is 18.1 Å². The molecule has 152 valence electrons. The van der Waals surface area contributed by atoms with Crippen LogP contribution in [0, 0.1) is 0 Å². The first kappa shape index (κ1) is 21.8. The van der Waals surface area contributed by atoms with Crippen molar-refractivity contribution in [2.75, 3.05) is 0 Å². The zero-order valence-corrected chi connectivity index (χ0v) is 14.7. The molecule has 2 N–H and O–H groups in total. The predicted molar refractivity (Wildman–Crippen MR) is 91.1 cm³/mol. The van der Waals surface area contributed by atoms with Gasteiger partial charge in [0.15, 0.2) is 0 Å². The number of benzene rings is 2.